The van der Waals surface area contributed by atoms with Crippen molar-refractivity contribution >= 4 is 17.4 Å². The average Bonchev–Trinajstić information content (AvgIpc) is 3.19. The average molecular weight is 394 g/mol. The van der Waals surface area contributed by atoms with Crippen LogP contribution in [-0.2, 0) is 0 Å². The third-order valence-corrected chi connectivity index (χ3v) is 5.14. The molecule has 2 aromatic heterocycles. The zero-order valence-electron chi connectivity index (χ0n) is 16.8. The van der Waals surface area contributed by atoms with E-state index in [2.05, 4.69) is 26.5 Å². The van der Waals surface area contributed by atoms with Crippen LogP contribution in [-0.4, -0.2) is 58.3 Å². The topological polar surface area (TPSA) is 75.0 Å². The zero-order chi connectivity index (χ0) is 20.2. The minimum atomic E-state index is -0.239. The van der Waals surface area contributed by atoms with Crippen LogP contribution in [0.25, 0.3) is 5.65 Å². The van der Waals surface area contributed by atoms with Gasteiger partial charge in [0.25, 0.3) is 0 Å². The number of rotatable bonds is 5. The summed E-state index contributed by atoms with van der Waals surface area (Å²) in [5, 5.41) is 11.4. The maximum Gasteiger partial charge on any atom is 0.318 e. The number of hydrogen-bond donors (Lipinski definition) is 1. The maximum absolute atomic E-state index is 12.8. The molecular weight excluding hydrogens is 368 g/mol. The van der Waals surface area contributed by atoms with Gasteiger partial charge in [-0.1, -0.05) is 18.2 Å². The van der Waals surface area contributed by atoms with Crippen LogP contribution in [0.4, 0.5) is 10.5 Å². The van der Waals surface area contributed by atoms with Gasteiger partial charge >= 0.3 is 6.03 Å². The van der Waals surface area contributed by atoms with E-state index in [9.17, 15) is 4.79 Å². The number of carbonyl (C=O) groups excluding carboxylic acids is 1. The molecule has 4 rings (SSSR count). The summed E-state index contributed by atoms with van der Waals surface area (Å²) < 4.78 is 7.64. The first kappa shape index (κ1) is 19.0. The maximum atomic E-state index is 12.8. The molecule has 0 radical (unpaired) electrons. The van der Waals surface area contributed by atoms with Crippen LogP contribution in [0.5, 0.6) is 5.75 Å². The van der Waals surface area contributed by atoms with Gasteiger partial charge in [0.1, 0.15) is 5.75 Å². The fraction of sp³-hybridized carbons (Fsp3) is 0.381. The van der Waals surface area contributed by atoms with E-state index in [-0.39, 0.29) is 12.1 Å². The molecule has 152 valence electrons. The summed E-state index contributed by atoms with van der Waals surface area (Å²) in [5.41, 5.74) is 1.85. The first-order valence-corrected chi connectivity index (χ1v) is 9.99. The number of aromatic nitrogens is 3. The molecule has 8 nitrogen and oxygen atoms in total. The molecule has 0 saturated carbocycles. The number of benzene rings is 1. The Morgan fingerprint density at radius 2 is 1.86 bits per heavy atom. The molecule has 1 aliphatic rings. The van der Waals surface area contributed by atoms with Crippen molar-refractivity contribution in [2.24, 2.45) is 0 Å². The van der Waals surface area contributed by atoms with Crippen LogP contribution in [0.1, 0.15) is 25.7 Å². The Balaban J connectivity index is 1.37. The molecule has 1 N–H and O–H groups in total. The number of ether oxygens (including phenoxy) is 1. The SMILES string of the molecule is CCOc1ccccc1N1CCN(C(=O)N[C@H](C)c2nnc3ccccn23)CC1. The summed E-state index contributed by atoms with van der Waals surface area (Å²) in [4.78, 5) is 16.9. The fourth-order valence-electron chi connectivity index (χ4n) is 3.64. The van der Waals surface area contributed by atoms with Crippen LogP contribution in [0.15, 0.2) is 48.7 Å². The van der Waals surface area contributed by atoms with Gasteiger partial charge in [0, 0.05) is 32.4 Å². The van der Waals surface area contributed by atoms with E-state index in [4.69, 9.17) is 4.74 Å². The van der Waals surface area contributed by atoms with Gasteiger partial charge < -0.3 is 19.9 Å². The van der Waals surface area contributed by atoms with Gasteiger partial charge in [0.05, 0.1) is 18.3 Å². The molecule has 0 aliphatic carbocycles. The summed E-state index contributed by atoms with van der Waals surface area (Å²) in [6.45, 7) is 7.38. The molecule has 1 aromatic carbocycles. The first-order chi connectivity index (χ1) is 14.2. The molecule has 0 spiro atoms. The summed E-state index contributed by atoms with van der Waals surface area (Å²) in [6, 6.07) is 13.5. The number of anilines is 1. The molecule has 1 fully saturated rings. The molecule has 1 atom stereocenters. The third kappa shape index (κ3) is 3.96. The number of urea groups is 1. The van der Waals surface area contributed by atoms with Gasteiger partial charge in [-0.05, 0) is 38.1 Å². The molecule has 2 amide bonds. The van der Waals surface area contributed by atoms with Crippen molar-refractivity contribution in [1.29, 1.82) is 0 Å². The second-order valence-electron chi connectivity index (χ2n) is 7.03. The monoisotopic (exact) mass is 394 g/mol. The molecular formula is C21H26N6O2. The van der Waals surface area contributed by atoms with Gasteiger partial charge in [-0.3, -0.25) is 4.40 Å². The van der Waals surface area contributed by atoms with E-state index in [0.29, 0.717) is 19.7 Å². The largest absolute Gasteiger partial charge is 0.492 e. The van der Waals surface area contributed by atoms with Gasteiger partial charge in [-0.15, -0.1) is 10.2 Å². The zero-order valence-corrected chi connectivity index (χ0v) is 16.8. The Morgan fingerprint density at radius 3 is 2.66 bits per heavy atom. The van der Waals surface area contributed by atoms with Crippen LogP contribution < -0.4 is 15.0 Å². The molecule has 0 bridgehead atoms. The highest BCUT2D eigenvalue weighted by molar-refractivity contribution is 5.75. The number of piperazine rings is 1. The summed E-state index contributed by atoms with van der Waals surface area (Å²) >= 11 is 0. The second kappa shape index (κ2) is 8.38. The number of hydrogen-bond acceptors (Lipinski definition) is 5. The van der Waals surface area contributed by atoms with Crippen molar-refractivity contribution < 1.29 is 9.53 Å². The molecule has 29 heavy (non-hydrogen) atoms. The standard InChI is InChI=1S/C21H26N6O2/c1-3-29-18-9-5-4-8-17(18)25-12-14-26(15-13-25)21(28)22-16(2)20-24-23-19-10-6-7-11-27(19)20/h4-11,16H,3,12-15H2,1-2H3,(H,22,28)/t16-/m1/s1. The van der Waals surface area contributed by atoms with Crippen LogP contribution in [0, 0.1) is 0 Å². The predicted molar refractivity (Wildman–Crippen MR) is 111 cm³/mol. The molecule has 8 heteroatoms. The first-order valence-electron chi connectivity index (χ1n) is 9.99. The molecule has 3 heterocycles. The number of nitrogens with zero attached hydrogens (tertiary/aromatic N) is 5. The third-order valence-electron chi connectivity index (χ3n) is 5.14. The Kier molecular flexibility index (Phi) is 5.50. The normalized spacial score (nSPS) is 15.4. The lowest BCUT2D eigenvalue weighted by atomic mass is 10.2. The Morgan fingerprint density at radius 1 is 1.10 bits per heavy atom. The van der Waals surface area contributed by atoms with E-state index in [0.717, 1.165) is 36.0 Å². The van der Waals surface area contributed by atoms with Crippen molar-refractivity contribution in [2.45, 2.75) is 19.9 Å². The number of para-hydroxylation sites is 2. The van der Waals surface area contributed by atoms with E-state index in [1.54, 1.807) is 0 Å². The number of fused-ring (bicyclic) bond motifs is 1. The van der Waals surface area contributed by atoms with Crippen molar-refractivity contribution in [3.63, 3.8) is 0 Å². The van der Waals surface area contributed by atoms with Crippen molar-refractivity contribution in [1.82, 2.24) is 24.8 Å². The molecule has 1 aliphatic heterocycles. The van der Waals surface area contributed by atoms with Gasteiger partial charge in [0.15, 0.2) is 11.5 Å². The minimum Gasteiger partial charge on any atom is -0.492 e. The number of pyridine rings is 1. The lowest BCUT2D eigenvalue weighted by Crippen LogP contribution is -2.52. The van der Waals surface area contributed by atoms with Crippen LogP contribution >= 0.6 is 0 Å². The lowest BCUT2D eigenvalue weighted by Gasteiger charge is -2.37. The number of amides is 2. The molecule has 1 saturated heterocycles. The number of carbonyl (C=O) groups is 1. The Bertz CT molecular complexity index is 980. The van der Waals surface area contributed by atoms with Crippen molar-refractivity contribution in [3.05, 3.63) is 54.5 Å². The Labute approximate surface area is 170 Å². The Hall–Kier alpha value is -3.29. The summed E-state index contributed by atoms with van der Waals surface area (Å²) in [6.07, 6.45) is 1.90. The van der Waals surface area contributed by atoms with Gasteiger partial charge in [0.2, 0.25) is 0 Å². The summed E-state index contributed by atoms with van der Waals surface area (Å²) in [5.74, 6) is 1.61. The summed E-state index contributed by atoms with van der Waals surface area (Å²) in [7, 11) is 0. The van der Waals surface area contributed by atoms with Crippen LogP contribution in [0.3, 0.4) is 0 Å². The number of nitrogens with one attached hydrogen (secondary N) is 1. The van der Waals surface area contributed by atoms with E-state index >= 15 is 0 Å². The van der Waals surface area contributed by atoms with Crippen LogP contribution in [0.2, 0.25) is 0 Å². The van der Waals surface area contributed by atoms with E-state index < -0.39 is 0 Å². The van der Waals surface area contributed by atoms with Gasteiger partial charge in [-0.2, -0.15) is 0 Å². The highest BCUT2D eigenvalue weighted by Gasteiger charge is 2.25. The smallest absolute Gasteiger partial charge is 0.318 e. The lowest BCUT2D eigenvalue weighted by molar-refractivity contribution is 0.190. The molecule has 0 unspecified atom stereocenters. The molecule has 3 aromatic rings. The van der Waals surface area contributed by atoms with E-state index in [1.807, 2.05) is 65.7 Å². The minimum absolute atomic E-state index is 0.0806. The van der Waals surface area contributed by atoms with E-state index in [1.165, 1.54) is 0 Å². The predicted octanol–water partition coefficient (Wildman–Crippen LogP) is 2.72. The second-order valence-corrected chi connectivity index (χ2v) is 7.03. The van der Waals surface area contributed by atoms with Crippen molar-refractivity contribution in [2.75, 3.05) is 37.7 Å². The highest BCUT2D eigenvalue weighted by atomic mass is 16.5. The quantitative estimate of drug-likeness (QED) is 0.720. The van der Waals surface area contributed by atoms with Crippen molar-refractivity contribution in [3.8, 4) is 5.75 Å². The van der Waals surface area contributed by atoms with Gasteiger partial charge in [-0.25, -0.2) is 4.79 Å². The highest BCUT2D eigenvalue weighted by Crippen LogP contribution is 2.28. The fourth-order valence-corrected chi connectivity index (χ4v) is 3.64.